The van der Waals surface area contributed by atoms with Crippen molar-refractivity contribution in [2.24, 2.45) is 11.8 Å². The summed E-state index contributed by atoms with van der Waals surface area (Å²) >= 11 is 1.29. The maximum Gasteiger partial charge on any atom is 0.133 e. The number of nitriles is 1. The van der Waals surface area contributed by atoms with Gasteiger partial charge in [0.15, 0.2) is 0 Å². The van der Waals surface area contributed by atoms with Crippen LogP contribution >= 0.6 is 11.8 Å². The monoisotopic (exact) mass is 331 g/mol. The van der Waals surface area contributed by atoms with Gasteiger partial charge in [-0.25, -0.2) is 0 Å². The van der Waals surface area contributed by atoms with E-state index in [0.717, 1.165) is 24.0 Å². The summed E-state index contributed by atoms with van der Waals surface area (Å²) in [6, 6.07) is 0. The van der Waals surface area contributed by atoms with Crippen molar-refractivity contribution in [3.63, 3.8) is 0 Å². The van der Waals surface area contributed by atoms with Crippen LogP contribution in [0.5, 0.6) is 0 Å². The first-order chi connectivity index (χ1) is 11.3. The average molecular weight is 332 g/mol. The van der Waals surface area contributed by atoms with E-state index >= 15 is 0 Å². The van der Waals surface area contributed by atoms with Crippen molar-refractivity contribution in [3.8, 4) is 5.40 Å². The Balaban J connectivity index is 2.36. The van der Waals surface area contributed by atoms with Crippen LogP contribution in [0.4, 0.5) is 0 Å². The lowest BCUT2D eigenvalue weighted by molar-refractivity contribution is 0.390. The number of thiocyanates is 1. The lowest BCUT2D eigenvalue weighted by Crippen LogP contribution is -2.01. The second kappa shape index (κ2) is 13.5. The van der Waals surface area contributed by atoms with Crippen molar-refractivity contribution >= 4 is 11.8 Å². The molecule has 0 saturated heterocycles. The van der Waals surface area contributed by atoms with Crippen LogP contribution in [0.25, 0.3) is 0 Å². The zero-order valence-electron chi connectivity index (χ0n) is 14.8. The first-order valence-electron chi connectivity index (χ1n) is 9.29. The van der Waals surface area contributed by atoms with Gasteiger partial charge in [-0.1, -0.05) is 89.2 Å². The number of allylic oxidation sites excluding steroid dienone is 4. The highest BCUT2D eigenvalue weighted by Gasteiger charge is 2.18. The third kappa shape index (κ3) is 9.72. The summed E-state index contributed by atoms with van der Waals surface area (Å²) in [5, 5.41) is 10.7. The minimum atomic E-state index is 0.771. The van der Waals surface area contributed by atoms with E-state index in [-0.39, 0.29) is 0 Å². The molecule has 0 aliphatic heterocycles. The van der Waals surface area contributed by atoms with Crippen molar-refractivity contribution in [2.75, 3.05) is 5.75 Å². The van der Waals surface area contributed by atoms with Gasteiger partial charge in [-0.05, 0) is 42.0 Å². The van der Waals surface area contributed by atoms with Gasteiger partial charge >= 0.3 is 0 Å². The molecule has 1 aliphatic carbocycles. The molecular weight excluding hydrogens is 298 g/mol. The molecule has 1 fully saturated rings. The van der Waals surface area contributed by atoms with Crippen molar-refractivity contribution in [3.05, 3.63) is 36.5 Å². The van der Waals surface area contributed by atoms with Crippen molar-refractivity contribution < 1.29 is 0 Å². The van der Waals surface area contributed by atoms with Crippen LogP contribution in [0, 0.1) is 22.5 Å². The predicted octanol–water partition coefficient (Wildman–Crippen LogP) is 7.04. The molecular formula is C21H33NS. The van der Waals surface area contributed by atoms with Crippen molar-refractivity contribution in [2.45, 2.75) is 71.1 Å². The fourth-order valence-corrected chi connectivity index (χ4v) is 3.82. The maximum atomic E-state index is 8.56. The second-order valence-electron chi connectivity index (χ2n) is 6.70. The quantitative estimate of drug-likeness (QED) is 0.185. The Bertz CT molecular complexity index is 416. The molecule has 128 valence electrons. The molecule has 0 amide bonds. The van der Waals surface area contributed by atoms with E-state index in [2.05, 4.69) is 37.1 Å². The minimum Gasteiger partial charge on any atom is -0.185 e. The Morgan fingerprint density at radius 2 is 1.96 bits per heavy atom. The van der Waals surface area contributed by atoms with Gasteiger partial charge in [-0.15, -0.1) is 0 Å². The molecule has 0 heterocycles. The highest BCUT2D eigenvalue weighted by atomic mass is 32.2. The molecule has 2 atom stereocenters. The second-order valence-corrected chi connectivity index (χ2v) is 7.51. The first-order valence-corrected chi connectivity index (χ1v) is 10.3. The predicted molar refractivity (Wildman–Crippen MR) is 104 cm³/mol. The SMILES string of the molecule is C=C/C=C(\C=C/CSC#N)CCC1CCCC(CCCC)CC1. The summed E-state index contributed by atoms with van der Waals surface area (Å²) in [7, 11) is 0. The smallest absolute Gasteiger partial charge is 0.133 e. The van der Waals surface area contributed by atoms with Crippen molar-refractivity contribution in [1.82, 2.24) is 0 Å². The van der Waals surface area contributed by atoms with Crippen molar-refractivity contribution in [1.29, 1.82) is 5.26 Å². The van der Waals surface area contributed by atoms with E-state index < -0.39 is 0 Å². The Labute approximate surface area is 147 Å². The molecule has 0 spiro atoms. The van der Waals surface area contributed by atoms with Gasteiger partial charge in [-0.3, -0.25) is 0 Å². The number of rotatable bonds is 10. The summed E-state index contributed by atoms with van der Waals surface area (Å²) < 4.78 is 0. The van der Waals surface area contributed by atoms with E-state index in [4.69, 9.17) is 5.26 Å². The molecule has 0 aromatic carbocycles. The lowest BCUT2D eigenvalue weighted by Gasteiger charge is -2.15. The van der Waals surface area contributed by atoms with E-state index in [1.165, 1.54) is 75.1 Å². The molecule has 1 rings (SSSR count). The third-order valence-electron chi connectivity index (χ3n) is 4.92. The van der Waals surface area contributed by atoms with E-state index in [0.29, 0.717) is 0 Å². The van der Waals surface area contributed by atoms with Crippen LogP contribution < -0.4 is 0 Å². The van der Waals surface area contributed by atoms with Crippen LogP contribution in [0.2, 0.25) is 0 Å². The van der Waals surface area contributed by atoms with Crippen LogP contribution in [-0.4, -0.2) is 5.75 Å². The van der Waals surface area contributed by atoms with Crippen LogP contribution in [0.3, 0.4) is 0 Å². The molecule has 1 aliphatic rings. The van der Waals surface area contributed by atoms with Gasteiger partial charge in [-0.2, -0.15) is 5.26 Å². The Morgan fingerprint density at radius 3 is 2.61 bits per heavy atom. The Morgan fingerprint density at radius 1 is 1.22 bits per heavy atom. The molecule has 0 radical (unpaired) electrons. The fraction of sp³-hybridized carbons (Fsp3) is 0.667. The van der Waals surface area contributed by atoms with Crippen LogP contribution in [-0.2, 0) is 0 Å². The summed E-state index contributed by atoms with van der Waals surface area (Å²) in [4.78, 5) is 0. The van der Waals surface area contributed by atoms with Gasteiger partial charge in [0.25, 0.3) is 0 Å². The van der Waals surface area contributed by atoms with Gasteiger partial charge < -0.3 is 0 Å². The molecule has 2 unspecified atom stereocenters. The molecule has 0 N–H and O–H groups in total. The number of hydrogen-bond acceptors (Lipinski definition) is 2. The topological polar surface area (TPSA) is 23.8 Å². The fourth-order valence-electron chi connectivity index (χ4n) is 3.55. The standard InChI is InChI=1S/C21H33NS/c1-3-5-9-20-10-6-11-21(16-14-20)15-13-19(8-4-2)12-7-17-23-18-22/h4,7-8,12,20-21H,2-3,5-6,9-11,13-17H2,1H3/b12-7-,19-8+. The van der Waals surface area contributed by atoms with Crippen LogP contribution in [0.15, 0.2) is 36.5 Å². The summed E-state index contributed by atoms with van der Waals surface area (Å²) in [5.74, 6) is 2.66. The van der Waals surface area contributed by atoms with E-state index in [9.17, 15) is 0 Å². The zero-order valence-corrected chi connectivity index (χ0v) is 15.6. The Hall–Kier alpha value is -0.940. The van der Waals surface area contributed by atoms with Gasteiger partial charge in [0.1, 0.15) is 5.40 Å². The van der Waals surface area contributed by atoms with E-state index in [1.54, 1.807) is 0 Å². The highest BCUT2D eigenvalue weighted by Crippen LogP contribution is 2.33. The zero-order chi connectivity index (χ0) is 16.8. The number of unbranched alkanes of at least 4 members (excludes halogenated alkanes) is 1. The molecule has 2 heteroatoms. The molecule has 0 bridgehead atoms. The van der Waals surface area contributed by atoms with Crippen LogP contribution in [0.1, 0.15) is 71.1 Å². The summed E-state index contributed by atoms with van der Waals surface area (Å²) in [5.41, 5.74) is 1.35. The average Bonchev–Trinajstić information content (AvgIpc) is 2.79. The Kier molecular flexibility index (Phi) is 11.8. The molecule has 0 aromatic heterocycles. The largest absolute Gasteiger partial charge is 0.185 e. The number of hydrogen-bond donors (Lipinski definition) is 0. The molecule has 0 aromatic rings. The normalized spacial score (nSPS) is 22.7. The van der Waals surface area contributed by atoms with E-state index in [1.807, 2.05) is 6.08 Å². The minimum absolute atomic E-state index is 0.771. The maximum absolute atomic E-state index is 8.56. The van der Waals surface area contributed by atoms with Gasteiger partial charge in [0.05, 0.1) is 0 Å². The summed E-state index contributed by atoms with van der Waals surface area (Å²) in [6.45, 7) is 6.13. The molecule has 23 heavy (non-hydrogen) atoms. The molecule has 1 saturated carbocycles. The first kappa shape index (κ1) is 20.1. The third-order valence-corrected chi connectivity index (χ3v) is 5.41. The highest BCUT2D eigenvalue weighted by molar-refractivity contribution is 8.03. The number of nitrogens with zero attached hydrogens (tertiary/aromatic N) is 1. The summed E-state index contributed by atoms with van der Waals surface area (Å²) in [6.07, 6.45) is 22.1. The lowest BCUT2D eigenvalue weighted by atomic mass is 9.91. The van der Waals surface area contributed by atoms with Gasteiger partial charge in [0.2, 0.25) is 0 Å². The molecule has 1 nitrogen and oxygen atoms in total. The number of thioether (sulfide) groups is 1. The van der Waals surface area contributed by atoms with Gasteiger partial charge in [0, 0.05) is 5.75 Å².